The highest BCUT2D eigenvalue weighted by Crippen LogP contribution is 2.69. The molecule has 2 heteroatoms. The molecule has 4 bridgehead atoms. The summed E-state index contributed by atoms with van der Waals surface area (Å²) in [6.45, 7) is 15.0. The molecule has 6 rings (SSSR count). The SMILES string of the molecule is C[C@@H]1[C@@H](B(Cl)[C@@H]2C[C@@H]3C[C@@H]([C@@H]2C)C3(C)C)C[C@@H]2C[C@@H]1C2(C)C. The first-order valence-corrected chi connectivity index (χ1v) is 10.2. The maximum absolute atomic E-state index is 7.19. The minimum atomic E-state index is 0.438. The van der Waals surface area contributed by atoms with E-state index >= 15 is 0 Å². The van der Waals surface area contributed by atoms with Gasteiger partial charge in [-0.1, -0.05) is 54.4 Å². The summed E-state index contributed by atoms with van der Waals surface area (Å²) in [6, 6.07) is 0. The third-order valence-electron chi connectivity index (χ3n) is 9.64. The molecule has 6 fully saturated rings. The number of fused-ring (bicyclic) bond motifs is 4. The van der Waals surface area contributed by atoms with Crippen molar-refractivity contribution in [2.75, 3.05) is 0 Å². The average molecular weight is 321 g/mol. The predicted octanol–water partition coefficient (Wildman–Crippen LogP) is 6.36. The minimum Gasteiger partial charge on any atom is -0.195 e. The van der Waals surface area contributed by atoms with Crippen LogP contribution in [0, 0.1) is 46.3 Å². The van der Waals surface area contributed by atoms with Crippen molar-refractivity contribution >= 4 is 17.6 Å². The Hall–Kier alpha value is 0.355. The van der Waals surface area contributed by atoms with Gasteiger partial charge in [0.05, 0.1) is 0 Å². The zero-order chi connectivity index (χ0) is 16.0. The Kier molecular flexibility index (Phi) is 3.39. The van der Waals surface area contributed by atoms with E-state index in [-0.39, 0.29) is 0 Å². The maximum Gasteiger partial charge on any atom is 0.257 e. The fraction of sp³-hybridized carbons (Fsp3) is 1.00. The summed E-state index contributed by atoms with van der Waals surface area (Å²) in [4.78, 5) is 0. The summed E-state index contributed by atoms with van der Waals surface area (Å²) in [7, 11) is 0. The Morgan fingerprint density at radius 2 is 1.09 bits per heavy atom. The summed E-state index contributed by atoms with van der Waals surface area (Å²) >= 11 is 7.19. The van der Waals surface area contributed by atoms with Gasteiger partial charge in [0.25, 0.3) is 6.13 Å². The zero-order valence-electron chi connectivity index (χ0n) is 15.4. The molecule has 0 N–H and O–H groups in total. The summed E-state index contributed by atoms with van der Waals surface area (Å²) in [5, 5.41) is 0. The quantitative estimate of drug-likeness (QED) is 0.519. The highest BCUT2D eigenvalue weighted by Gasteiger charge is 2.62. The van der Waals surface area contributed by atoms with Crippen LogP contribution in [0.15, 0.2) is 0 Å². The van der Waals surface area contributed by atoms with E-state index in [1.165, 1.54) is 25.7 Å². The number of halogens is 1. The first kappa shape index (κ1) is 15.9. The smallest absolute Gasteiger partial charge is 0.195 e. The second-order valence-electron chi connectivity index (χ2n) is 10.7. The molecule has 6 aliphatic rings. The van der Waals surface area contributed by atoms with E-state index in [0.717, 1.165) is 47.1 Å². The molecule has 6 aliphatic carbocycles. The van der Waals surface area contributed by atoms with E-state index in [4.69, 9.17) is 11.5 Å². The molecule has 0 aromatic carbocycles. The van der Waals surface area contributed by atoms with Gasteiger partial charge in [-0.2, -0.15) is 11.5 Å². The molecular formula is C20H34BCl. The largest absolute Gasteiger partial charge is 0.257 e. The normalized spacial score (nSPS) is 54.1. The molecule has 8 atom stereocenters. The van der Waals surface area contributed by atoms with Crippen LogP contribution in [0.2, 0.25) is 11.6 Å². The second-order valence-corrected chi connectivity index (χ2v) is 11.2. The van der Waals surface area contributed by atoms with Crippen molar-refractivity contribution in [3.63, 3.8) is 0 Å². The first-order valence-electron chi connectivity index (χ1n) is 9.79. The van der Waals surface area contributed by atoms with Gasteiger partial charge in [-0.15, -0.1) is 0 Å². The standard InChI is InChI=1S/C20H34BCl/c1-11-15-7-13(19(15,3)4)9-17(11)21(22)18-10-14-8-16(12(18)2)20(14,5)6/h11-18H,7-10H2,1-6H3/t11-,12-,13-,14-,15-,16-,17-,18+/m0/s1. The van der Waals surface area contributed by atoms with E-state index in [9.17, 15) is 0 Å². The van der Waals surface area contributed by atoms with Crippen molar-refractivity contribution in [3.05, 3.63) is 0 Å². The molecule has 0 saturated heterocycles. The van der Waals surface area contributed by atoms with Gasteiger partial charge in [0, 0.05) is 0 Å². The van der Waals surface area contributed by atoms with Gasteiger partial charge in [-0.05, 0) is 70.8 Å². The molecule has 0 spiro atoms. The molecule has 0 heterocycles. The third kappa shape index (κ3) is 1.84. The molecule has 0 nitrogen and oxygen atoms in total. The van der Waals surface area contributed by atoms with Gasteiger partial charge >= 0.3 is 0 Å². The Morgan fingerprint density at radius 3 is 1.36 bits per heavy atom. The van der Waals surface area contributed by atoms with E-state index in [1.54, 1.807) is 0 Å². The monoisotopic (exact) mass is 320 g/mol. The van der Waals surface area contributed by atoms with Gasteiger partial charge in [0.2, 0.25) is 0 Å². The van der Waals surface area contributed by atoms with Crippen molar-refractivity contribution < 1.29 is 0 Å². The average Bonchev–Trinajstić information content (AvgIpc) is 2.45. The fourth-order valence-corrected chi connectivity index (χ4v) is 8.20. The van der Waals surface area contributed by atoms with Crippen molar-refractivity contribution in [1.29, 1.82) is 0 Å². The molecule has 0 amide bonds. The molecule has 0 aliphatic heterocycles. The molecule has 0 aromatic rings. The molecule has 0 aromatic heterocycles. The van der Waals surface area contributed by atoms with Crippen molar-refractivity contribution in [2.24, 2.45) is 46.3 Å². The Balaban J connectivity index is 1.49. The molecule has 6 saturated carbocycles. The first-order chi connectivity index (χ1) is 10.2. The zero-order valence-corrected chi connectivity index (χ0v) is 16.2. The van der Waals surface area contributed by atoms with Gasteiger partial charge < -0.3 is 0 Å². The van der Waals surface area contributed by atoms with Crippen LogP contribution in [0.3, 0.4) is 0 Å². The topological polar surface area (TPSA) is 0 Å². The van der Waals surface area contributed by atoms with Crippen LogP contribution >= 0.6 is 11.5 Å². The minimum absolute atomic E-state index is 0.438. The predicted molar refractivity (Wildman–Crippen MR) is 97.4 cm³/mol. The van der Waals surface area contributed by atoms with E-state index in [1.807, 2.05) is 0 Å². The molecule has 0 radical (unpaired) electrons. The van der Waals surface area contributed by atoms with Crippen LogP contribution in [-0.4, -0.2) is 6.13 Å². The van der Waals surface area contributed by atoms with Gasteiger partial charge in [-0.25, -0.2) is 0 Å². The summed E-state index contributed by atoms with van der Waals surface area (Å²) in [5.41, 5.74) is 1.18. The van der Waals surface area contributed by atoms with Crippen LogP contribution in [0.5, 0.6) is 0 Å². The second kappa shape index (κ2) is 4.71. The lowest BCUT2D eigenvalue weighted by Gasteiger charge is -2.65. The van der Waals surface area contributed by atoms with Crippen molar-refractivity contribution in [1.82, 2.24) is 0 Å². The van der Waals surface area contributed by atoms with Gasteiger partial charge in [-0.3, -0.25) is 0 Å². The molecule has 124 valence electrons. The Morgan fingerprint density at radius 1 is 0.727 bits per heavy atom. The highest BCUT2D eigenvalue weighted by molar-refractivity contribution is 7.08. The number of hydrogen-bond acceptors (Lipinski definition) is 0. The van der Waals surface area contributed by atoms with E-state index in [0.29, 0.717) is 17.0 Å². The van der Waals surface area contributed by atoms with Gasteiger partial charge in [0.15, 0.2) is 0 Å². The lowest BCUT2D eigenvalue weighted by Crippen LogP contribution is -2.58. The number of hydrogen-bond donors (Lipinski definition) is 0. The third-order valence-corrected chi connectivity index (χ3v) is 10.3. The van der Waals surface area contributed by atoms with Crippen LogP contribution in [0.25, 0.3) is 0 Å². The highest BCUT2D eigenvalue weighted by atomic mass is 35.5. The lowest BCUT2D eigenvalue weighted by atomic mass is 9.30. The summed E-state index contributed by atoms with van der Waals surface area (Å²) in [5.74, 6) is 7.00. The van der Waals surface area contributed by atoms with Crippen LogP contribution in [0.4, 0.5) is 0 Å². The summed E-state index contributed by atoms with van der Waals surface area (Å²) in [6.07, 6.45) is 6.20. The van der Waals surface area contributed by atoms with E-state index in [2.05, 4.69) is 41.5 Å². The summed E-state index contributed by atoms with van der Waals surface area (Å²) < 4.78 is 0. The van der Waals surface area contributed by atoms with Gasteiger partial charge in [0.1, 0.15) is 0 Å². The molecule has 0 unspecified atom stereocenters. The molecule has 22 heavy (non-hydrogen) atoms. The molecular weight excluding hydrogens is 286 g/mol. The fourth-order valence-electron chi connectivity index (χ4n) is 7.54. The van der Waals surface area contributed by atoms with E-state index < -0.39 is 0 Å². The maximum atomic E-state index is 7.19. The Labute approximate surface area is 143 Å². The Bertz CT molecular complexity index is 428. The van der Waals surface area contributed by atoms with Crippen molar-refractivity contribution in [3.8, 4) is 0 Å². The van der Waals surface area contributed by atoms with Crippen LogP contribution < -0.4 is 0 Å². The van der Waals surface area contributed by atoms with Crippen molar-refractivity contribution in [2.45, 2.75) is 78.9 Å². The lowest BCUT2D eigenvalue weighted by molar-refractivity contribution is -0.106. The van der Waals surface area contributed by atoms with Crippen LogP contribution in [0.1, 0.15) is 67.2 Å². The van der Waals surface area contributed by atoms with Crippen LogP contribution in [-0.2, 0) is 0 Å². The number of rotatable bonds is 2.